The molecule has 0 saturated carbocycles. The third-order valence-electron chi connectivity index (χ3n) is 4.79. The first-order valence-electron chi connectivity index (χ1n) is 9.66. The maximum Gasteiger partial charge on any atom is 0.338 e. The van der Waals surface area contributed by atoms with Crippen LogP contribution in [-0.2, 0) is 16.0 Å². The van der Waals surface area contributed by atoms with E-state index in [1.54, 1.807) is 6.92 Å². The van der Waals surface area contributed by atoms with Crippen molar-refractivity contribution < 1.29 is 14.3 Å². The molecule has 0 aliphatic carbocycles. The molecular formula is C26H26O3. The highest BCUT2D eigenvalue weighted by Crippen LogP contribution is 2.29. The van der Waals surface area contributed by atoms with E-state index in [0.29, 0.717) is 23.7 Å². The van der Waals surface area contributed by atoms with E-state index in [2.05, 4.69) is 50.1 Å². The van der Waals surface area contributed by atoms with Gasteiger partial charge in [0.25, 0.3) is 0 Å². The summed E-state index contributed by atoms with van der Waals surface area (Å²) in [4.78, 5) is 11.7. The molecule has 0 aromatic heterocycles. The van der Waals surface area contributed by atoms with E-state index in [1.807, 2.05) is 25.1 Å². The van der Waals surface area contributed by atoms with Gasteiger partial charge in [-0.15, -0.1) is 0 Å². The summed E-state index contributed by atoms with van der Waals surface area (Å²) in [6.07, 6.45) is 1.86. The highest BCUT2D eigenvalue weighted by atomic mass is 16.5. The second-order valence-electron chi connectivity index (χ2n) is 7.33. The first kappa shape index (κ1) is 20.4. The Morgan fingerprint density at radius 3 is 2.17 bits per heavy atom. The lowest BCUT2D eigenvalue weighted by Crippen LogP contribution is -2.07. The number of ether oxygens (including phenoxy) is 2. The van der Waals surface area contributed by atoms with Crippen LogP contribution in [0.3, 0.4) is 0 Å². The van der Waals surface area contributed by atoms with Gasteiger partial charge < -0.3 is 9.47 Å². The first-order valence-corrected chi connectivity index (χ1v) is 9.66. The quantitative estimate of drug-likeness (QED) is 0.0841. The van der Waals surface area contributed by atoms with Crippen molar-refractivity contribution in [3.63, 3.8) is 0 Å². The van der Waals surface area contributed by atoms with E-state index in [-0.39, 0.29) is 0 Å². The van der Waals surface area contributed by atoms with Crippen LogP contribution in [0, 0.1) is 0 Å². The lowest BCUT2D eigenvalue weighted by Gasteiger charge is -2.10. The van der Waals surface area contributed by atoms with Crippen LogP contribution in [-0.4, -0.2) is 12.6 Å². The zero-order chi connectivity index (χ0) is 21.0. The molecule has 0 amide bonds. The Morgan fingerprint density at radius 2 is 1.52 bits per heavy atom. The minimum absolute atomic E-state index is 0.380. The number of esters is 1. The molecular weight excluding hydrogens is 360 g/mol. The molecule has 3 rings (SSSR count). The molecule has 0 N–H and O–H groups in total. The van der Waals surface area contributed by atoms with Crippen LogP contribution in [0.25, 0.3) is 21.5 Å². The fourth-order valence-corrected chi connectivity index (χ4v) is 3.11. The van der Waals surface area contributed by atoms with Crippen molar-refractivity contribution in [2.24, 2.45) is 0 Å². The molecule has 0 saturated heterocycles. The third kappa shape index (κ3) is 4.94. The Bertz CT molecular complexity index is 1120. The van der Waals surface area contributed by atoms with Crippen molar-refractivity contribution in [1.82, 2.24) is 0 Å². The normalized spacial score (nSPS) is 10.7. The number of carbonyl (C=O) groups is 1. The van der Waals surface area contributed by atoms with Crippen molar-refractivity contribution in [2.75, 3.05) is 6.61 Å². The minimum atomic E-state index is -0.411. The van der Waals surface area contributed by atoms with Crippen LogP contribution in [0.15, 0.2) is 85.2 Å². The monoisotopic (exact) mass is 386 g/mol. The number of hydrogen-bond acceptors (Lipinski definition) is 3. The predicted octanol–water partition coefficient (Wildman–Crippen LogP) is 6.51. The van der Waals surface area contributed by atoms with Crippen molar-refractivity contribution in [1.29, 1.82) is 0 Å². The molecule has 0 atom stereocenters. The number of benzene rings is 3. The summed E-state index contributed by atoms with van der Waals surface area (Å²) in [6.45, 7) is 15.4. The molecule has 0 unspecified atom stereocenters. The number of carbonyl (C=O) groups excluding carboxylic acids is 1. The summed E-state index contributed by atoms with van der Waals surface area (Å²) >= 11 is 0. The Balaban J connectivity index is 1.75. The number of allylic oxidation sites excluding steroid dienone is 1. The van der Waals surface area contributed by atoms with Crippen LogP contribution >= 0.6 is 0 Å². The SMILES string of the molecule is C=C(C)C(=C)OCCCc1ccc2c(ccc3cc(OC(=O)C(=C)C)ccc32)c1. The zero-order valence-corrected chi connectivity index (χ0v) is 17.1. The predicted molar refractivity (Wildman–Crippen MR) is 120 cm³/mol. The summed E-state index contributed by atoms with van der Waals surface area (Å²) in [7, 11) is 0. The van der Waals surface area contributed by atoms with Crippen molar-refractivity contribution in [2.45, 2.75) is 26.7 Å². The molecule has 3 aromatic carbocycles. The number of aryl methyl sites for hydroxylation is 1. The van der Waals surface area contributed by atoms with Crippen molar-refractivity contribution in [3.8, 4) is 5.75 Å². The first-order chi connectivity index (χ1) is 13.8. The van der Waals surface area contributed by atoms with Gasteiger partial charge in [0, 0.05) is 5.57 Å². The second-order valence-corrected chi connectivity index (χ2v) is 7.33. The molecule has 0 spiro atoms. The molecule has 0 aliphatic heterocycles. The number of hydrogen-bond donors (Lipinski definition) is 0. The van der Waals surface area contributed by atoms with E-state index in [9.17, 15) is 4.79 Å². The van der Waals surface area contributed by atoms with Gasteiger partial charge in [-0.1, -0.05) is 56.1 Å². The molecule has 0 radical (unpaired) electrons. The largest absolute Gasteiger partial charge is 0.494 e. The molecule has 0 heterocycles. The zero-order valence-electron chi connectivity index (χ0n) is 17.1. The van der Waals surface area contributed by atoms with Gasteiger partial charge >= 0.3 is 5.97 Å². The standard InChI is InChI=1S/C26H26O3/c1-17(2)19(5)28-14-6-7-20-8-12-24-21(15-20)9-10-22-16-23(11-13-25(22)24)29-26(27)18(3)4/h8-13,15-16H,1,3,5-7,14H2,2,4H3. The lowest BCUT2D eigenvalue weighted by molar-refractivity contribution is -0.130. The van der Waals surface area contributed by atoms with Gasteiger partial charge in [0.15, 0.2) is 0 Å². The fourth-order valence-electron chi connectivity index (χ4n) is 3.11. The van der Waals surface area contributed by atoms with Gasteiger partial charge in [-0.3, -0.25) is 0 Å². The van der Waals surface area contributed by atoms with Gasteiger partial charge in [-0.2, -0.15) is 0 Å². The Morgan fingerprint density at radius 1 is 0.862 bits per heavy atom. The molecule has 3 heteroatoms. The van der Waals surface area contributed by atoms with Crippen LogP contribution in [0.2, 0.25) is 0 Å². The van der Waals surface area contributed by atoms with Gasteiger partial charge in [-0.05, 0) is 71.5 Å². The Labute approximate surface area is 171 Å². The Kier molecular flexibility index (Phi) is 6.18. The van der Waals surface area contributed by atoms with Crippen LogP contribution in [0.5, 0.6) is 5.75 Å². The van der Waals surface area contributed by atoms with Crippen LogP contribution < -0.4 is 4.74 Å². The van der Waals surface area contributed by atoms with Gasteiger partial charge in [0.1, 0.15) is 11.5 Å². The summed E-state index contributed by atoms with van der Waals surface area (Å²) in [6, 6.07) is 16.4. The van der Waals surface area contributed by atoms with Crippen molar-refractivity contribution in [3.05, 3.63) is 90.7 Å². The average molecular weight is 386 g/mol. The van der Waals surface area contributed by atoms with Crippen molar-refractivity contribution >= 4 is 27.5 Å². The van der Waals surface area contributed by atoms with E-state index in [0.717, 1.165) is 29.2 Å². The van der Waals surface area contributed by atoms with E-state index >= 15 is 0 Å². The minimum Gasteiger partial charge on any atom is -0.494 e. The van der Waals surface area contributed by atoms with E-state index in [4.69, 9.17) is 9.47 Å². The maximum atomic E-state index is 11.7. The summed E-state index contributed by atoms with van der Waals surface area (Å²) in [5.74, 6) is 0.770. The summed E-state index contributed by atoms with van der Waals surface area (Å²) in [5.41, 5.74) is 2.51. The molecule has 0 aliphatic rings. The van der Waals surface area contributed by atoms with Gasteiger partial charge in [-0.25, -0.2) is 4.79 Å². The molecule has 3 aromatic rings. The third-order valence-corrected chi connectivity index (χ3v) is 4.79. The van der Waals surface area contributed by atoms with E-state index in [1.165, 1.54) is 16.3 Å². The van der Waals surface area contributed by atoms with E-state index < -0.39 is 5.97 Å². The summed E-state index contributed by atoms with van der Waals surface area (Å²) < 4.78 is 10.9. The molecule has 0 bridgehead atoms. The molecule has 148 valence electrons. The maximum absolute atomic E-state index is 11.7. The smallest absolute Gasteiger partial charge is 0.338 e. The topological polar surface area (TPSA) is 35.5 Å². The molecule has 3 nitrogen and oxygen atoms in total. The lowest BCUT2D eigenvalue weighted by atomic mass is 9.98. The Hall–Kier alpha value is -3.33. The van der Waals surface area contributed by atoms with Gasteiger partial charge in [0.2, 0.25) is 0 Å². The fraction of sp³-hybridized carbons (Fsp3) is 0.192. The number of rotatable bonds is 8. The molecule has 0 fully saturated rings. The highest BCUT2D eigenvalue weighted by molar-refractivity contribution is 6.08. The van der Waals surface area contributed by atoms with Crippen LogP contribution in [0.4, 0.5) is 0 Å². The molecule has 29 heavy (non-hydrogen) atoms. The average Bonchev–Trinajstić information content (AvgIpc) is 2.70. The second kappa shape index (κ2) is 8.78. The summed E-state index contributed by atoms with van der Waals surface area (Å²) in [5, 5.41) is 4.53. The van der Waals surface area contributed by atoms with Crippen LogP contribution in [0.1, 0.15) is 25.8 Å². The van der Waals surface area contributed by atoms with Gasteiger partial charge in [0.05, 0.1) is 6.61 Å². The highest BCUT2D eigenvalue weighted by Gasteiger charge is 2.08. The number of fused-ring (bicyclic) bond motifs is 3.